The maximum absolute atomic E-state index is 12.3. The van der Waals surface area contributed by atoms with Gasteiger partial charge in [-0.1, -0.05) is 23.4 Å². The molecule has 10 nitrogen and oxygen atoms in total. The standard InChI is InChI=1S/C21H18N6O4/c1-27-6-5-21(30,20(27)29)16-9-15(26-31-16)12-4-2-3-11(7-12)14-8-13(22)17-18(25-14)19(28)24-10-23-17/h2-4,7-10,30H,5-6H2,1H3,(H2,22,25)(H,23,24,28). The molecule has 4 N–H and O–H groups in total. The number of nitrogen functional groups attached to an aromatic ring is 1. The number of hydrogen-bond acceptors (Lipinski definition) is 8. The van der Waals surface area contributed by atoms with E-state index < -0.39 is 11.5 Å². The van der Waals surface area contributed by atoms with Crippen LogP contribution in [0.1, 0.15) is 12.2 Å². The Labute approximate surface area is 175 Å². The van der Waals surface area contributed by atoms with Gasteiger partial charge in [-0.2, -0.15) is 0 Å². The second-order valence-electron chi connectivity index (χ2n) is 7.52. The Kier molecular flexibility index (Phi) is 4.12. The first-order chi connectivity index (χ1) is 14.9. The average Bonchev–Trinajstić information content (AvgIpc) is 3.37. The fourth-order valence-corrected chi connectivity index (χ4v) is 3.75. The number of H-pyrrole nitrogens is 1. The second-order valence-corrected chi connectivity index (χ2v) is 7.52. The summed E-state index contributed by atoms with van der Waals surface area (Å²) in [4.78, 5) is 36.9. The van der Waals surface area contributed by atoms with Gasteiger partial charge in [0, 0.05) is 37.2 Å². The van der Waals surface area contributed by atoms with Gasteiger partial charge in [-0.15, -0.1) is 0 Å². The molecule has 0 aliphatic carbocycles. The van der Waals surface area contributed by atoms with Crippen molar-refractivity contribution in [1.82, 2.24) is 25.0 Å². The van der Waals surface area contributed by atoms with Gasteiger partial charge in [0.2, 0.25) is 5.60 Å². The molecule has 1 fully saturated rings. The fourth-order valence-electron chi connectivity index (χ4n) is 3.75. The molecule has 156 valence electrons. The molecule has 0 saturated carbocycles. The van der Waals surface area contributed by atoms with Crippen molar-refractivity contribution >= 4 is 22.6 Å². The summed E-state index contributed by atoms with van der Waals surface area (Å²) in [6, 6.07) is 10.5. The molecule has 1 amide bonds. The monoisotopic (exact) mass is 418 g/mol. The summed E-state index contributed by atoms with van der Waals surface area (Å²) in [6.45, 7) is 0.434. The predicted octanol–water partition coefficient (Wildman–Crippen LogP) is 1.27. The quantitative estimate of drug-likeness (QED) is 0.450. The predicted molar refractivity (Wildman–Crippen MR) is 112 cm³/mol. The molecule has 1 aliphatic rings. The van der Waals surface area contributed by atoms with Crippen LogP contribution in [-0.4, -0.2) is 49.6 Å². The van der Waals surface area contributed by atoms with Crippen LogP contribution in [0.25, 0.3) is 33.5 Å². The number of amides is 1. The van der Waals surface area contributed by atoms with E-state index in [-0.39, 0.29) is 23.3 Å². The molecule has 4 heterocycles. The van der Waals surface area contributed by atoms with E-state index in [2.05, 4.69) is 20.1 Å². The van der Waals surface area contributed by atoms with Crippen molar-refractivity contribution in [1.29, 1.82) is 0 Å². The molecule has 4 aromatic rings. The van der Waals surface area contributed by atoms with Crippen LogP contribution >= 0.6 is 0 Å². The highest BCUT2D eigenvalue weighted by Gasteiger charge is 2.48. The zero-order chi connectivity index (χ0) is 21.8. The van der Waals surface area contributed by atoms with Crippen LogP contribution in [0.15, 0.2) is 52.0 Å². The molecule has 0 spiro atoms. The number of pyridine rings is 1. The van der Waals surface area contributed by atoms with Gasteiger partial charge in [-0.05, 0) is 12.1 Å². The Morgan fingerprint density at radius 2 is 1.94 bits per heavy atom. The fraction of sp³-hybridized carbons (Fsp3) is 0.190. The number of carbonyl (C=O) groups excluding carboxylic acids is 1. The van der Waals surface area contributed by atoms with Crippen molar-refractivity contribution < 1.29 is 14.4 Å². The number of rotatable bonds is 3. The van der Waals surface area contributed by atoms with Crippen LogP contribution in [0.4, 0.5) is 5.69 Å². The molecular weight excluding hydrogens is 400 g/mol. The van der Waals surface area contributed by atoms with E-state index in [0.717, 1.165) is 0 Å². The summed E-state index contributed by atoms with van der Waals surface area (Å²) in [5.41, 5.74) is 7.17. The Morgan fingerprint density at radius 1 is 1.16 bits per heavy atom. The molecule has 1 aliphatic heterocycles. The zero-order valence-corrected chi connectivity index (χ0v) is 16.5. The first-order valence-electron chi connectivity index (χ1n) is 9.57. The number of aromatic amines is 1. The third-order valence-corrected chi connectivity index (χ3v) is 5.51. The number of nitrogens with two attached hydrogens (primary N) is 1. The molecule has 1 saturated heterocycles. The van der Waals surface area contributed by atoms with Crippen LogP contribution in [0.2, 0.25) is 0 Å². The number of carbonyl (C=O) groups is 1. The average molecular weight is 418 g/mol. The molecule has 0 radical (unpaired) electrons. The van der Waals surface area contributed by atoms with Crippen molar-refractivity contribution in [2.45, 2.75) is 12.0 Å². The van der Waals surface area contributed by atoms with Crippen molar-refractivity contribution in [3.8, 4) is 22.5 Å². The molecule has 1 atom stereocenters. The summed E-state index contributed by atoms with van der Waals surface area (Å²) in [6.07, 6.45) is 1.52. The first kappa shape index (κ1) is 18.9. The van der Waals surface area contributed by atoms with E-state index in [1.54, 1.807) is 25.2 Å². The number of nitrogens with one attached hydrogen (secondary N) is 1. The third kappa shape index (κ3) is 2.96. The number of hydrogen-bond donors (Lipinski definition) is 3. The van der Waals surface area contributed by atoms with E-state index in [0.29, 0.717) is 40.3 Å². The summed E-state index contributed by atoms with van der Waals surface area (Å²) < 4.78 is 5.33. The molecule has 10 heteroatoms. The van der Waals surface area contributed by atoms with Gasteiger partial charge >= 0.3 is 0 Å². The lowest BCUT2D eigenvalue weighted by Crippen LogP contribution is -2.35. The van der Waals surface area contributed by atoms with Gasteiger partial charge in [0.1, 0.15) is 11.2 Å². The second kappa shape index (κ2) is 6.74. The van der Waals surface area contributed by atoms with Gasteiger partial charge in [-0.3, -0.25) is 9.59 Å². The maximum Gasteiger partial charge on any atom is 0.277 e. The lowest BCUT2D eigenvalue weighted by atomic mass is 9.97. The Hall–Kier alpha value is -4.05. The number of nitrogens with zero attached hydrogens (tertiary/aromatic N) is 4. The molecule has 5 rings (SSSR count). The highest BCUT2D eigenvalue weighted by Crippen LogP contribution is 2.35. The SMILES string of the molecule is CN1CCC(O)(c2cc(-c3cccc(-c4cc(N)c5nc[nH]c(=O)c5n4)c3)no2)C1=O. The number of fused-ring (bicyclic) bond motifs is 1. The number of benzene rings is 1. The largest absolute Gasteiger partial charge is 0.397 e. The normalized spacial score (nSPS) is 18.8. The molecule has 31 heavy (non-hydrogen) atoms. The van der Waals surface area contributed by atoms with E-state index in [1.807, 2.05) is 18.2 Å². The first-order valence-corrected chi connectivity index (χ1v) is 9.57. The zero-order valence-electron chi connectivity index (χ0n) is 16.5. The lowest BCUT2D eigenvalue weighted by molar-refractivity contribution is -0.144. The van der Waals surface area contributed by atoms with E-state index in [4.69, 9.17) is 10.3 Å². The van der Waals surface area contributed by atoms with Crippen molar-refractivity contribution in [2.75, 3.05) is 19.3 Å². The third-order valence-electron chi connectivity index (χ3n) is 5.51. The van der Waals surface area contributed by atoms with E-state index in [1.165, 1.54) is 11.2 Å². The van der Waals surface area contributed by atoms with Crippen LogP contribution in [0.3, 0.4) is 0 Å². The number of anilines is 1. The molecular formula is C21H18N6O4. The Morgan fingerprint density at radius 3 is 2.68 bits per heavy atom. The minimum Gasteiger partial charge on any atom is -0.397 e. The minimum atomic E-state index is -1.71. The van der Waals surface area contributed by atoms with Gasteiger partial charge in [0.05, 0.1) is 17.7 Å². The van der Waals surface area contributed by atoms with Crippen molar-refractivity contribution in [2.24, 2.45) is 0 Å². The highest BCUT2D eigenvalue weighted by molar-refractivity contribution is 5.89. The minimum absolute atomic E-state index is 0.105. The maximum atomic E-state index is 12.3. The summed E-state index contributed by atoms with van der Waals surface area (Å²) in [5, 5.41) is 14.8. The number of aliphatic hydroxyl groups is 1. The number of likely N-dealkylation sites (tertiary alicyclic amines) is 1. The van der Waals surface area contributed by atoms with E-state index in [9.17, 15) is 14.7 Å². The molecule has 1 unspecified atom stereocenters. The Bertz CT molecular complexity index is 1390. The van der Waals surface area contributed by atoms with Crippen molar-refractivity contribution in [3.63, 3.8) is 0 Å². The van der Waals surface area contributed by atoms with Gasteiger partial charge < -0.3 is 25.2 Å². The van der Waals surface area contributed by atoms with Crippen molar-refractivity contribution in [3.05, 3.63) is 58.8 Å². The van der Waals surface area contributed by atoms with Crippen LogP contribution < -0.4 is 11.3 Å². The molecule has 3 aromatic heterocycles. The van der Waals surface area contributed by atoms with E-state index >= 15 is 0 Å². The summed E-state index contributed by atoms with van der Waals surface area (Å²) >= 11 is 0. The number of aromatic nitrogens is 4. The van der Waals surface area contributed by atoms with Crippen LogP contribution in [-0.2, 0) is 10.4 Å². The van der Waals surface area contributed by atoms with Gasteiger partial charge in [-0.25, -0.2) is 9.97 Å². The lowest BCUT2D eigenvalue weighted by Gasteiger charge is -2.16. The smallest absolute Gasteiger partial charge is 0.277 e. The summed E-state index contributed by atoms with van der Waals surface area (Å²) in [7, 11) is 1.63. The van der Waals surface area contributed by atoms with Crippen LogP contribution in [0.5, 0.6) is 0 Å². The van der Waals surface area contributed by atoms with Gasteiger partial charge in [0.25, 0.3) is 11.5 Å². The number of likely N-dealkylation sites (N-methyl/N-ethyl adjacent to an activating group) is 1. The van der Waals surface area contributed by atoms with Crippen LogP contribution in [0, 0.1) is 0 Å². The topological polar surface area (TPSA) is 151 Å². The summed E-state index contributed by atoms with van der Waals surface area (Å²) in [5.74, 6) is -0.313. The highest BCUT2D eigenvalue weighted by atomic mass is 16.5. The van der Waals surface area contributed by atoms with Gasteiger partial charge in [0.15, 0.2) is 11.3 Å². The molecule has 1 aromatic carbocycles. The molecule has 0 bridgehead atoms. The Balaban J connectivity index is 1.55.